The smallest absolute Gasteiger partial charge is 0.272 e. The maximum absolute atomic E-state index is 12.5. The zero-order valence-corrected chi connectivity index (χ0v) is 13.9. The summed E-state index contributed by atoms with van der Waals surface area (Å²) in [6.45, 7) is 7.50. The van der Waals surface area contributed by atoms with Crippen LogP contribution >= 0.6 is 0 Å². The Morgan fingerprint density at radius 1 is 1.35 bits per heavy atom. The van der Waals surface area contributed by atoms with Crippen molar-refractivity contribution in [2.45, 2.75) is 26.4 Å². The Kier molecular flexibility index (Phi) is 4.43. The summed E-state index contributed by atoms with van der Waals surface area (Å²) in [4.78, 5) is 20.9. The van der Waals surface area contributed by atoms with Crippen LogP contribution < -0.4 is 0 Å². The fraction of sp³-hybridized carbons (Fsp3) is 0.471. The SMILES string of the molecule is CCN(Cc1ccncc1)C1CN(C(=O)c2cc(C)nn2C)C1. The quantitative estimate of drug-likeness (QED) is 0.839. The van der Waals surface area contributed by atoms with Gasteiger partial charge in [0.25, 0.3) is 5.91 Å². The normalized spacial score (nSPS) is 15.0. The first-order valence-corrected chi connectivity index (χ1v) is 8.01. The number of hydrogen-bond acceptors (Lipinski definition) is 4. The molecule has 3 heterocycles. The first-order chi connectivity index (χ1) is 11.1. The van der Waals surface area contributed by atoms with E-state index in [2.05, 4.69) is 21.9 Å². The highest BCUT2D eigenvalue weighted by Gasteiger charge is 2.35. The van der Waals surface area contributed by atoms with Gasteiger partial charge in [0, 0.05) is 45.1 Å². The molecule has 0 aliphatic carbocycles. The van der Waals surface area contributed by atoms with Crippen LogP contribution in [0.15, 0.2) is 30.6 Å². The molecule has 0 atom stereocenters. The van der Waals surface area contributed by atoms with E-state index in [1.807, 2.05) is 49.5 Å². The summed E-state index contributed by atoms with van der Waals surface area (Å²) in [5.41, 5.74) is 2.80. The number of amides is 1. The highest BCUT2D eigenvalue weighted by atomic mass is 16.2. The van der Waals surface area contributed by atoms with Crippen LogP contribution in [0.1, 0.15) is 28.7 Å². The van der Waals surface area contributed by atoms with Crippen molar-refractivity contribution in [2.75, 3.05) is 19.6 Å². The van der Waals surface area contributed by atoms with E-state index in [-0.39, 0.29) is 5.91 Å². The van der Waals surface area contributed by atoms with Crippen LogP contribution in [0.2, 0.25) is 0 Å². The molecular weight excluding hydrogens is 290 g/mol. The molecule has 0 radical (unpaired) electrons. The molecule has 0 bridgehead atoms. The van der Waals surface area contributed by atoms with E-state index in [0.717, 1.165) is 31.9 Å². The number of likely N-dealkylation sites (N-methyl/N-ethyl adjacent to an activating group) is 1. The van der Waals surface area contributed by atoms with Gasteiger partial charge in [0.05, 0.1) is 5.69 Å². The Labute approximate surface area is 136 Å². The minimum Gasteiger partial charge on any atom is -0.334 e. The molecule has 1 aliphatic rings. The Morgan fingerprint density at radius 2 is 2.04 bits per heavy atom. The summed E-state index contributed by atoms with van der Waals surface area (Å²) in [6, 6.07) is 6.36. The predicted molar refractivity (Wildman–Crippen MR) is 88.0 cm³/mol. The molecule has 0 saturated carbocycles. The first kappa shape index (κ1) is 15.7. The lowest BCUT2D eigenvalue weighted by Crippen LogP contribution is -2.60. The standard InChI is InChI=1S/C17H23N5O/c1-4-21(10-14-5-7-18-8-6-14)15-11-22(12-15)17(23)16-9-13(2)19-20(16)3/h5-9,15H,4,10-12H2,1-3H3. The number of carbonyl (C=O) groups excluding carboxylic acids is 1. The Morgan fingerprint density at radius 3 is 2.61 bits per heavy atom. The molecule has 0 spiro atoms. The van der Waals surface area contributed by atoms with Crippen LogP contribution in [0.5, 0.6) is 0 Å². The minimum absolute atomic E-state index is 0.0734. The zero-order chi connectivity index (χ0) is 16.4. The van der Waals surface area contributed by atoms with Crippen molar-refractivity contribution in [3.05, 3.63) is 47.5 Å². The molecule has 3 rings (SSSR count). The third-order valence-electron chi connectivity index (χ3n) is 4.43. The van der Waals surface area contributed by atoms with E-state index in [1.165, 1.54) is 5.56 Å². The van der Waals surface area contributed by atoms with E-state index in [4.69, 9.17) is 0 Å². The summed E-state index contributed by atoms with van der Waals surface area (Å²) in [6.07, 6.45) is 3.65. The van der Waals surface area contributed by atoms with Crippen molar-refractivity contribution in [2.24, 2.45) is 7.05 Å². The van der Waals surface area contributed by atoms with E-state index in [9.17, 15) is 4.79 Å². The molecule has 2 aromatic rings. The van der Waals surface area contributed by atoms with Gasteiger partial charge in [0.1, 0.15) is 5.69 Å². The second-order valence-corrected chi connectivity index (χ2v) is 6.08. The van der Waals surface area contributed by atoms with E-state index in [1.54, 1.807) is 4.68 Å². The van der Waals surface area contributed by atoms with Gasteiger partial charge in [0.2, 0.25) is 0 Å². The minimum atomic E-state index is 0.0734. The highest BCUT2D eigenvalue weighted by Crippen LogP contribution is 2.20. The van der Waals surface area contributed by atoms with E-state index in [0.29, 0.717) is 11.7 Å². The monoisotopic (exact) mass is 313 g/mol. The van der Waals surface area contributed by atoms with E-state index < -0.39 is 0 Å². The lowest BCUT2D eigenvalue weighted by Gasteiger charge is -2.45. The third-order valence-corrected chi connectivity index (χ3v) is 4.43. The van der Waals surface area contributed by atoms with Gasteiger partial charge in [-0.25, -0.2) is 0 Å². The van der Waals surface area contributed by atoms with Crippen LogP contribution in [0, 0.1) is 6.92 Å². The van der Waals surface area contributed by atoms with Gasteiger partial charge in [-0.3, -0.25) is 19.4 Å². The zero-order valence-electron chi connectivity index (χ0n) is 13.9. The van der Waals surface area contributed by atoms with Crippen LogP contribution in [0.3, 0.4) is 0 Å². The number of pyridine rings is 1. The molecule has 6 nitrogen and oxygen atoms in total. The van der Waals surface area contributed by atoms with Gasteiger partial charge in [-0.15, -0.1) is 0 Å². The van der Waals surface area contributed by atoms with Crippen molar-refractivity contribution in [3.63, 3.8) is 0 Å². The molecule has 0 N–H and O–H groups in total. The van der Waals surface area contributed by atoms with E-state index >= 15 is 0 Å². The van der Waals surface area contributed by atoms with Crippen molar-refractivity contribution in [1.82, 2.24) is 24.6 Å². The molecule has 0 unspecified atom stereocenters. The van der Waals surface area contributed by atoms with Crippen LogP contribution in [0.4, 0.5) is 0 Å². The largest absolute Gasteiger partial charge is 0.334 e. The molecule has 23 heavy (non-hydrogen) atoms. The van der Waals surface area contributed by atoms with Gasteiger partial charge >= 0.3 is 0 Å². The molecule has 122 valence electrons. The summed E-state index contributed by atoms with van der Waals surface area (Å²) in [7, 11) is 1.82. The summed E-state index contributed by atoms with van der Waals surface area (Å²) in [5.74, 6) is 0.0734. The molecule has 1 saturated heterocycles. The average Bonchev–Trinajstić information content (AvgIpc) is 2.84. The maximum atomic E-state index is 12.5. The fourth-order valence-electron chi connectivity index (χ4n) is 3.05. The average molecular weight is 313 g/mol. The van der Waals surface area contributed by atoms with Crippen molar-refractivity contribution >= 4 is 5.91 Å². The van der Waals surface area contributed by atoms with Crippen molar-refractivity contribution in [3.8, 4) is 0 Å². The predicted octanol–water partition coefficient (Wildman–Crippen LogP) is 1.47. The van der Waals surface area contributed by atoms with Crippen LogP contribution in [-0.4, -0.2) is 56.1 Å². The molecule has 1 aliphatic heterocycles. The summed E-state index contributed by atoms with van der Waals surface area (Å²) >= 11 is 0. The van der Waals surface area contributed by atoms with Crippen molar-refractivity contribution < 1.29 is 4.79 Å². The second kappa shape index (κ2) is 6.50. The highest BCUT2D eigenvalue weighted by molar-refractivity contribution is 5.93. The Hall–Kier alpha value is -2.21. The number of aromatic nitrogens is 3. The first-order valence-electron chi connectivity index (χ1n) is 8.01. The molecule has 2 aromatic heterocycles. The molecule has 1 fully saturated rings. The maximum Gasteiger partial charge on any atom is 0.272 e. The fourth-order valence-corrected chi connectivity index (χ4v) is 3.05. The summed E-state index contributed by atoms with van der Waals surface area (Å²) < 4.78 is 1.67. The third kappa shape index (κ3) is 3.27. The molecular formula is C17H23N5O. The number of likely N-dealkylation sites (tertiary alicyclic amines) is 1. The summed E-state index contributed by atoms with van der Waals surface area (Å²) in [5, 5.41) is 4.25. The van der Waals surface area contributed by atoms with Crippen molar-refractivity contribution in [1.29, 1.82) is 0 Å². The van der Waals surface area contributed by atoms with Crippen LogP contribution in [0.25, 0.3) is 0 Å². The Balaban J connectivity index is 1.59. The van der Waals surface area contributed by atoms with Crippen LogP contribution in [-0.2, 0) is 13.6 Å². The van der Waals surface area contributed by atoms with Gasteiger partial charge in [-0.2, -0.15) is 5.10 Å². The second-order valence-electron chi connectivity index (χ2n) is 6.08. The molecule has 0 aromatic carbocycles. The number of rotatable bonds is 5. The number of nitrogens with zero attached hydrogens (tertiary/aromatic N) is 5. The number of carbonyl (C=O) groups is 1. The number of hydrogen-bond donors (Lipinski definition) is 0. The topological polar surface area (TPSA) is 54.3 Å². The lowest BCUT2D eigenvalue weighted by atomic mass is 10.1. The Bertz CT molecular complexity index is 676. The molecule has 6 heteroatoms. The van der Waals surface area contributed by atoms with Gasteiger partial charge in [-0.1, -0.05) is 6.92 Å². The molecule has 1 amide bonds. The van der Waals surface area contributed by atoms with Gasteiger partial charge in [0.15, 0.2) is 0 Å². The number of aryl methyl sites for hydroxylation is 2. The van der Waals surface area contributed by atoms with Gasteiger partial charge in [-0.05, 0) is 37.2 Å². The lowest BCUT2D eigenvalue weighted by molar-refractivity contribution is 0.0245. The van der Waals surface area contributed by atoms with Gasteiger partial charge < -0.3 is 4.90 Å².